The topological polar surface area (TPSA) is 75.4 Å². The van der Waals surface area contributed by atoms with Gasteiger partial charge in [-0.2, -0.15) is 9.61 Å². The molecule has 24 heavy (non-hydrogen) atoms. The molecular formula is C17H20N6O. The van der Waals surface area contributed by atoms with Crippen LogP contribution in [0.5, 0.6) is 0 Å². The highest BCUT2D eigenvalue weighted by molar-refractivity contribution is 5.93. The molecule has 0 radical (unpaired) electrons. The van der Waals surface area contributed by atoms with E-state index < -0.39 is 0 Å². The first-order valence-electron chi connectivity index (χ1n) is 7.83. The second-order valence-electron chi connectivity index (χ2n) is 5.75. The number of fused-ring (bicyclic) bond motifs is 1. The molecule has 3 rings (SSSR count). The van der Waals surface area contributed by atoms with Gasteiger partial charge in [-0.05, 0) is 30.2 Å². The van der Waals surface area contributed by atoms with Crippen molar-refractivity contribution in [2.45, 2.75) is 19.9 Å². The molecule has 0 spiro atoms. The molecule has 1 N–H and O–H groups in total. The number of anilines is 1. The zero-order valence-corrected chi connectivity index (χ0v) is 14.0. The summed E-state index contributed by atoms with van der Waals surface area (Å²) in [5.74, 6) is 0.00130. The van der Waals surface area contributed by atoms with Gasteiger partial charge in [0, 0.05) is 26.2 Å². The summed E-state index contributed by atoms with van der Waals surface area (Å²) in [6, 6.07) is 9.58. The van der Waals surface area contributed by atoms with Crippen LogP contribution in [0.15, 0.2) is 36.7 Å². The lowest BCUT2D eigenvalue weighted by Gasteiger charge is -2.11. The maximum absolute atomic E-state index is 11.9. The van der Waals surface area contributed by atoms with Crippen LogP contribution in [0, 0.1) is 0 Å². The zero-order chi connectivity index (χ0) is 17.1. The third kappa shape index (κ3) is 3.19. The Kier molecular flexibility index (Phi) is 4.41. The minimum atomic E-state index is 0.00130. The molecule has 0 saturated heterocycles. The Bertz CT molecular complexity index is 853. The largest absolute Gasteiger partial charge is 0.378 e. The highest BCUT2D eigenvalue weighted by Crippen LogP contribution is 2.17. The van der Waals surface area contributed by atoms with Crippen LogP contribution in [-0.4, -0.2) is 44.7 Å². The van der Waals surface area contributed by atoms with Gasteiger partial charge in [-0.3, -0.25) is 4.79 Å². The normalized spacial score (nSPS) is 10.8. The minimum absolute atomic E-state index is 0.00130. The van der Waals surface area contributed by atoms with Crippen LogP contribution in [0.4, 0.5) is 5.69 Å². The number of rotatable bonds is 5. The summed E-state index contributed by atoms with van der Waals surface area (Å²) >= 11 is 0. The van der Waals surface area contributed by atoms with E-state index in [-0.39, 0.29) is 5.91 Å². The third-order valence-corrected chi connectivity index (χ3v) is 3.77. The van der Waals surface area contributed by atoms with Crippen LogP contribution in [0.1, 0.15) is 28.5 Å². The molecule has 0 aliphatic heterocycles. The van der Waals surface area contributed by atoms with Crippen molar-refractivity contribution < 1.29 is 4.79 Å². The molecule has 2 aromatic heterocycles. The maximum atomic E-state index is 11.9. The van der Waals surface area contributed by atoms with Crippen molar-refractivity contribution in [1.29, 1.82) is 0 Å². The maximum Gasteiger partial charge on any atom is 0.253 e. The van der Waals surface area contributed by atoms with E-state index in [0.29, 0.717) is 17.8 Å². The Hall–Kier alpha value is -2.96. The molecule has 0 aliphatic carbocycles. The fourth-order valence-electron chi connectivity index (χ4n) is 2.40. The van der Waals surface area contributed by atoms with E-state index >= 15 is 0 Å². The van der Waals surface area contributed by atoms with Crippen LogP contribution < -0.4 is 5.32 Å². The van der Waals surface area contributed by atoms with E-state index in [4.69, 9.17) is 0 Å². The van der Waals surface area contributed by atoms with Gasteiger partial charge < -0.3 is 10.2 Å². The lowest BCUT2D eigenvalue weighted by atomic mass is 10.1. The van der Waals surface area contributed by atoms with Crippen molar-refractivity contribution >= 4 is 17.2 Å². The molecule has 7 nitrogen and oxygen atoms in total. The van der Waals surface area contributed by atoms with Crippen LogP contribution in [-0.2, 0) is 13.0 Å². The quantitative estimate of drug-likeness (QED) is 0.777. The number of amides is 1. The first-order chi connectivity index (χ1) is 11.6. The fraction of sp³-hybridized carbons (Fsp3) is 0.294. The molecular weight excluding hydrogens is 304 g/mol. The van der Waals surface area contributed by atoms with Gasteiger partial charge in [-0.15, -0.1) is 10.2 Å². The van der Waals surface area contributed by atoms with E-state index in [9.17, 15) is 4.79 Å². The van der Waals surface area contributed by atoms with Crippen molar-refractivity contribution in [3.05, 3.63) is 53.5 Å². The smallest absolute Gasteiger partial charge is 0.253 e. The molecule has 1 amide bonds. The summed E-state index contributed by atoms with van der Waals surface area (Å²) in [6.45, 7) is 2.69. The average molecular weight is 324 g/mol. The Morgan fingerprint density at radius 1 is 1.25 bits per heavy atom. The minimum Gasteiger partial charge on any atom is -0.378 e. The number of nitrogens with zero attached hydrogens (tertiary/aromatic N) is 5. The summed E-state index contributed by atoms with van der Waals surface area (Å²) in [7, 11) is 3.49. The number of aryl methyl sites for hydroxylation is 1. The predicted octanol–water partition coefficient (Wildman–Crippen LogP) is 2.00. The Balaban J connectivity index is 1.76. The molecule has 0 unspecified atom stereocenters. The monoisotopic (exact) mass is 324 g/mol. The van der Waals surface area contributed by atoms with E-state index in [0.717, 1.165) is 23.4 Å². The molecule has 0 saturated carbocycles. The van der Waals surface area contributed by atoms with E-state index in [1.807, 2.05) is 30.3 Å². The van der Waals surface area contributed by atoms with Gasteiger partial charge >= 0.3 is 0 Å². The second kappa shape index (κ2) is 6.66. The first-order valence-corrected chi connectivity index (χ1v) is 7.83. The molecule has 0 aliphatic rings. The van der Waals surface area contributed by atoms with Crippen molar-refractivity contribution in [3.8, 4) is 0 Å². The number of aromatic nitrogens is 4. The van der Waals surface area contributed by atoms with Gasteiger partial charge in [0.15, 0.2) is 0 Å². The van der Waals surface area contributed by atoms with E-state index in [1.54, 1.807) is 29.8 Å². The van der Waals surface area contributed by atoms with E-state index in [2.05, 4.69) is 27.5 Å². The molecule has 0 fully saturated rings. The molecule has 7 heteroatoms. The van der Waals surface area contributed by atoms with E-state index in [1.165, 1.54) is 0 Å². The van der Waals surface area contributed by atoms with Gasteiger partial charge in [0.1, 0.15) is 6.33 Å². The summed E-state index contributed by atoms with van der Waals surface area (Å²) in [4.78, 5) is 13.5. The van der Waals surface area contributed by atoms with Gasteiger partial charge in [-0.1, -0.05) is 19.1 Å². The van der Waals surface area contributed by atoms with Crippen molar-refractivity contribution in [1.82, 2.24) is 24.7 Å². The highest BCUT2D eigenvalue weighted by Gasteiger charge is 2.09. The molecule has 3 aromatic rings. The van der Waals surface area contributed by atoms with Gasteiger partial charge in [-0.25, -0.2) is 0 Å². The Morgan fingerprint density at radius 2 is 2.00 bits per heavy atom. The third-order valence-electron chi connectivity index (χ3n) is 3.77. The lowest BCUT2D eigenvalue weighted by Crippen LogP contribution is -2.21. The highest BCUT2D eigenvalue weighted by atomic mass is 16.2. The zero-order valence-electron chi connectivity index (χ0n) is 14.0. The molecule has 2 heterocycles. The molecule has 0 atom stereocenters. The first kappa shape index (κ1) is 15.9. The number of carbonyl (C=O) groups excluding carboxylic acids is 1. The van der Waals surface area contributed by atoms with Gasteiger partial charge in [0.2, 0.25) is 5.65 Å². The van der Waals surface area contributed by atoms with Gasteiger partial charge in [0.25, 0.3) is 5.91 Å². The summed E-state index contributed by atoms with van der Waals surface area (Å²) in [6.07, 6.45) is 2.44. The SMILES string of the molecule is CCc1cc(NCc2ccc(C(=O)N(C)C)cc2)c2nncn2n1. The Labute approximate surface area is 140 Å². The Morgan fingerprint density at radius 3 is 2.67 bits per heavy atom. The molecule has 124 valence electrons. The van der Waals surface area contributed by atoms with Crippen LogP contribution >= 0.6 is 0 Å². The lowest BCUT2D eigenvalue weighted by molar-refractivity contribution is 0.0827. The summed E-state index contributed by atoms with van der Waals surface area (Å²) in [5, 5.41) is 15.8. The average Bonchev–Trinajstić information content (AvgIpc) is 3.07. The number of hydrogen-bond donors (Lipinski definition) is 1. The van der Waals surface area contributed by atoms with Crippen molar-refractivity contribution in [2.24, 2.45) is 0 Å². The van der Waals surface area contributed by atoms with Crippen LogP contribution in [0.25, 0.3) is 5.65 Å². The summed E-state index contributed by atoms with van der Waals surface area (Å²) < 4.78 is 1.68. The van der Waals surface area contributed by atoms with Crippen molar-refractivity contribution in [2.75, 3.05) is 19.4 Å². The number of nitrogens with one attached hydrogen (secondary N) is 1. The second-order valence-corrected chi connectivity index (χ2v) is 5.75. The van der Waals surface area contributed by atoms with Gasteiger partial charge in [0.05, 0.1) is 11.4 Å². The van der Waals surface area contributed by atoms with Crippen LogP contribution in [0.3, 0.4) is 0 Å². The van der Waals surface area contributed by atoms with Crippen LogP contribution in [0.2, 0.25) is 0 Å². The standard InChI is InChI=1S/C17H20N6O/c1-4-14-9-15(16-20-19-11-23(16)21-14)18-10-12-5-7-13(8-6-12)17(24)22(2)3/h5-9,11,18H,4,10H2,1-3H3. The fourth-order valence-corrected chi connectivity index (χ4v) is 2.40. The number of hydrogen-bond acceptors (Lipinski definition) is 5. The molecule has 0 bridgehead atoms. The number of carbonyl (C=O) groups is 1. The predicted molar refractivity (Wildman–Crippen MR) is 91.9 cm³/mol. The summed E-state index contributed by atoms with van der Waals surface area (Å²) in [5.41, 5.74) is 4.33. The number of benzene rings is 1. The molecule has 1 aromatic carbocycles. The van der Waals surface area contributed by atoms with Crippen molar-refractivity contribution in [3.63, 3.8) is 0 Å².